The monoisotopic (exact) mass is 264 g/mol. The molecule has 1 aromatic carbocycles. The predicted octanol–water partition coefficient (Wildman–Crippen LogP) is 1.95. The fraction of sp³-hybridized carbons (Fsp3) is 0.600. The van der Waals surface area contributed by atoms with E-state index in [2.05, 4.69) is 36.6 Å². The molecule has 0 aliphatic carbocycles. The molecule has 0 saturated heterocycles. The highest BCUT2D eigenvalue weighted by molar-refractivity contribution is 5.31. The van der Waals surface area contributed by atoms with E-state index in [4.69, 9.17) is 15.3 Å². The molecule has 2 rings (SSSR count). The van der Waals surface area contributed by atoms with Crippen molar-refractivity contribution in [1.82, 2.24) is 5.43 Å². The zero-order valence-electron chi connectivity index (χ0n) is 11.8. The van der Waals surface area contributed by atoms with E-state index in [1.807, 2.05) is 0 Å². The van der Waals surface area contributed by atoms with Crippen molar-refractivity contribution in [2.24, 2.45) is 5.84 Å². The number of nitrogens with one attached hydrogen (secondary N) is 1. The van der Waals surface area contributed by atoms with E-state index in [1.54, 1.807) is 7.11 Å². The van der Waals surface area contributed by atoms with Crippen molar-refractivity contribution in [3.05, 3.63) is 35.4 Å². The predicted molar refractivity (Wildman–Crippen MR) is 75.7 cm³/mol. The standard InChI is InChI=1S/C15H24N2O2/c1-11(18-2)9-13(17-16)10-15-14-6-4-3-5-12(14)7-8-19-15/h3-6,11,13,15,17H,7-10,16H2,1-2H3. The summed E-state index contributed by atoms with van der Waals surface area (Å²) in [5, 5.41) is 0. The molecule has 19 heavy (non-hydrogen) atoms. The highest BCUT2D eigenvalue weighted by atomic mass is 16.5. The Morgan fingerprint density at radius 2 is 2.26 bits per heavy atom. The molecular formula is C15H24N2O2. The van der Waals surface area contributed by atoms with Gasteiger partial charge in [0.15, 0.2) is 0 Å². The molecule has 3 atom stereocenters. The fourth-order valence-electron chi connectivity index (χ4n) is 2.66. The minimum atomic E-state index is 0.134. The Bertz CT molecular complexity index is 397. The summed E-state index contributed by atoms with van der Waals surface area (Å²) >= 11 is 0. The lowest BCUT2D eigenvalue weighted by Crippen LogP contribution is -2.39. The number of methoxy groups -OCH3 is 1. The number of hydrazine groups is 1. The summed E-state index contributed by atoms with van der Waals surface area (Å²) in [7, 11) is 1.73. The second-order valence-corrected chi connectivity index (χ2v) is 5.19. The molecular weight excluding hydrogens is 240 g/mol. The molecule has 0 spiro atoms. The molecule has 0 amide bonds. The van der Waals surface area contributed by atoms with Crippen LogP contribution in [0.15, 0.2) is 24.3 Å². The normalized spacial score (nSPS) is 21.7. The van der Waals surface area contributed by atoms with Crippen molar-refractivity contribution in [2.75, 3.05) is 13.7 Å². The van der Waals surface area contributed by atoms with Crippen LogP contribution in [-0.2, 0) is 15.9 Å². The number of fused-ring (bicyclic) bond motifs is 1. The van der Waals surface area contributed by atoms with Gasteiger partial charge in [0.25, 0.3) is 0 Å². The highest BCUT2D eigenvalue weighted by Gasteiger charge is 2.24. The quantitative estimate of drug-likeness (QED) is 0.609. The zero-order valence-corrected chi connectivity index (χ0v) is 11.8. The highest BCUT2D eigenvalue weighted by Crippen LogP contribution is 2.31. The third-order valence-corrected chi connectivity index (χ3v) is 3.85. The summed E-state index contributed by atoms with van der Waals surface area (Å²) < 4.78 is 11.2. The van der Waals surface area contributed by atoms with Gasteiger partial charge in [0.1, 0.15) is 0 Å². The molecule has 4 nitrogen and oxygen atoms in total. The molecule has 4 heteroatoms. The summed E-state index contributed by atoms with van der Waals surface area (Å²) in [5.74, 6) is 5.65. The van der Waals surface area contributed by atoms with Crippen LogP contribution in [0.4, 0.5) is 0 Å². The van der Waals surface area contributed by atoms with E-state index >= 15 is 0 Å². The number of rotatable bonds is 6. The average Bonchev–Trinajstić information content (AvgIpc) is 2.46. The fourth-order valence-corrected chi connectivity index (χ4v) is 2.66. The Hall–Kier alpha value is -0.940. The summed E-state index contributed by atoms with van der Waals surface area (Å²) in [6.07, 6.45) is 3.09. The molecule has 1 aromatic rings. The van der Waals surface area contributed by atoms with E-state index in [-0.39, 0.29) is 18.2 Å². The molecule has 0 radical (unpaired) electrons. The SMILES string of the molecule is COC(C)CC(CC1OCCc2ccccc21)NN. The number of ether oxygens (including phenoxy) is 2. The molecule has 1 aliphatic heterocycles. The third kappa shape index (κ3) is 3.76. The number of benzene rings is 1. The summed E-state index contributed by atoms with van der Waals surface area (Å²) in [5.41, 5.74) is 5.59. The van der Waals surface area contributed by atoms with Gasteiger partial charge in [0.05, 0.1) is 18.8 Å². The van der Waals surface area contributed by atoms with E-state index in [0.717, 1.165) is 25.9 Å². The number of hydrogen-bond acceptors (Lipinski definition) is 4. The minimum absolute atomic E-state index is 0.134. The van der Waals surface area contributed by atoms with Gasteiger partial charge in [-0.2, -0.15) is 0 Å². The Balaban J connectivity index is 2.02. The Labute approximate surface area is 115 Å². The first kappa shape index (κ1) is 14.5. The van der Waals surface area contributed by atoms with Gasteiger partial charge < -0.3 is 9.47 Å². The number of hydrogen-bond donors (Lipinski definition) is 2. The second kappa shape index (κ2) is 7.01. The topological polar surface area (TPSA) is 56.5 Å². The second-order valence-electron chi connectivity index (χ2n) is 5.19. The number of nitrogens with two attached hydrogens (primary N) is 1. The van der Waals surface area contributed by atoms with Gasteiger partial charge in [0, 0.05) is 13.2 Å². The van der Waals surface area contributed by atoms with Crippen LogP contribution in [0.2, 0.25) is 0 Å². The van der Waals surface area contributed by atoms with Gasteiger partial charge in [-0.05, 0) is 37.3 Å². The summed E-state index contributed by atoms with van der Waals surface area (Å²) in [6.45, 7) is 2.85. The van der Waals surface area contributed by atoms with Gasteiger partial charge >= 0.3 is 0 Å². The Morgan fingerprint density at radius 1 is 1.47 bits per heavy atom. The molecule has 0 bridgehead atoms. The van der Waals surface area contributed by atoms with Crippen LogP contribution >= 0.6 is 0 Å². The van der Waals surface area contributed by atoms with E-state index < -0.39 is 0 Å². The van der Waals surface area contributed by atoms with Crippen LogP contribution in [0, 0.1) is 0 Å². The average molecular weight is 264 g/mol. The molecule has 106 valence electrons. The molecule has 3 N–H and O–H groups in total. The first-order chi connectivity index (χ1) is 9.24. The minimum Gasteiger partial charge on any atom is -0.382 e. The van der Waals surface area contributed by atoms with Crippen LogP contribution in [0.25, 0.3) is 0 Å². The van der Waals surface area contributed by atoms with Crippen molar-refractivity contribution in [1.29, 1.82) is 0 Å². The first-order valence-corrected chi connectivity index (χ1v) is 6.93. The van der Waals surface area contributed by atoms with Crippen molar-refractivity contribution < 1.29 is 9.47 Å². The lowest BCUT2D eigenvalue weighted by Gasteiger charge is -2.29. The molecule has 3 unspecified atom stereocenters. The lowest BCUT2D eigenvalue weighted by molar-refractivity contribution is 0.0222. The van der Waals surface area contributed by atoms with Crippen molar-refractivity contribution in [2.45, 2.75) is 44.4 Å². The van der Waals surface area contributed by atoms with Gasteiger partial charge in [-0.1, -0.05) is 24.3 Å². The largest absolute Gasteiger partial charge is 0.382 e. The maximum Gasteiger partial charge on any atom is 0.0843 e. The van der Waals surface area contributed by atoms with Crippen LogP contribution in [0.5, 0.6) is 0 Å². The maximum atomic E-state index is 5.92. The van der Waals surface area contributed by atoms with Gasteiger partial charge in [-0.3, -0.25) is 11.3 Å². The van der Waals surface area contributed by atoms with E-state index in [9.17, 15) is 0 Å². The van der Waals surface area contributed by atoms with Crippen LogP contribution in [0.3, 0.4) is 0 Å². The molecule has 0 aromatic heterocycles. The smallest absolute Gasteiger partial charge is 0.0843 e. The summed E-state index contributed by atoms with van der Waals surface area (Å²) in [4.78, 5) is 0. The molecule has 1 aliphatic rings. The van der Waals surface area contributed by atoms with Gasteiger partial charge in [-0.25, -0.2) is 0 Å². The van der Waals surface area contributed by atoms with Gasteiger partial charge in [-0.15, -0.1) is 0 Å². The maximum absolute atomic E-state index is 5.92. The van der Waals surface area contributed by atoms with Crippen molar-refractivity contribution >= 4 is 0 Å². The Morgan fingerprint density at radius 3 is 3.00 bits per heavy atom. The summed E-state index contributed by atoms with van der Waals surface area (Å²) in [6, 6.07) is 8.71. The van der Waals surface area contributed by atoms with Crippen LogP contribution < -0.4 is 11.3 Å². The van der Waals surface area contributed by atoms with E-state index in [0.29, 0.717) is 0 Å². The van der Waals surface area contributed by atoms with Crippen LogP contribution in [-0.4, -0.2) is 25.9 Å². The van der Waals surface area contributed by atoms with Crippen LogP contribution in [0.1, 0.15) is 37.0 Å². The third-order valence-electron chi connectivity index (χ3n) is 3.85. The Kier molecular flexibility index (Phi) is 5.34. The molecule has 0 fully saturated rings. The van der Waals surface area contributed by atoms with Gasteiger partial charge in [0.2, 0.25) is 0 Å². The molecule has 0 saturated carbocycles. The lowest BCUT2D eigenvalue weighted by atomic mass is 9.92. The van der Waals surface area contributed by atoms with E-state index in [1.165, 1.54) is 11.1 Å². The van der Waals surface area contributed by atoms with Crippen molar-refractivity contribution in [3.63, 3.8) is 0 Å². The van der Waals surface area contributed by atoms with Crippen molar-refractivity contribution in [3.8, 4) is 0 Å². The molecule has 1 heterocycles. The first-order valence-electron chi connectivity index (χ1n) is 6.93. The zero-order chi connectivity index (χ0) is 13.7.